The number of rotatable bonds is 7. The summed E-state index contributed by atoms with van der Waals surface area (Å²) in [7, 11) is 0. The Kier molecular flexibility index (Phi) is 7.51. The molecule has 5 N–H and O–H groups in total. The fraction of sp³-hybridized carbons (Fsp3) is 0.474. The molecule has 9 nitrogen and oxygen atoms in total. The Morgan fingerprint density at radius 2 is 1.64 bits per heavy atom. The molecule has 3 amide bonds. The second kappa shape index (κ2) is 9.84. The molecule has 0 aromatic heterocycles. The molecule has 9 heteroatoms. The van der Waals surface area contributed by atoms with Gasteiger partial charge in [0.25, 0.3) is 11.8 Å². The number of carbonyl (C=O) groups is 4. The molecule has 0 radical (unpaired) electrons. The highest BCUT2D eigenvalue weighted by Crippen LogP contribution is 2.22. The highest BCUT2D eigenvalue weighted by molar-refractivity contribution is 5.99. The Hall–Kier alpha value is -2.94. The van der Waals surface area contributed by atoms with E-state index in [9.17, 15) is 19.2 Å². The van der Waals surface area contributed by atoms with Crippen LogP contribution in [0.1, 0.15) is 53.3 Å². The smallest absolute Gasteiger partial charge is 0.303 e. The van der Waals surface area contributed by atoms with E-state index in [0.717, 1.165) is 12.8 Å². The highest BCUT2D eigenvalue weighted by Gasteiger charge is 2.27. The number of piperidine rings is 1. The Morgan fingerprint density at radius 1 is 1.11 bits per heavy atom. The third-order valence-electron chi connectivity index (χ3n) is 4.95. The average molecular weight is 390 g/mol. The number of carboxylic acid groups (broad SMARTS) is 1. The number of amides is 3. The maximum absolute atomic E-state index is 12.6. The molecular weight excluding hydrogens is 364 g/mol. The minimum absolute atomic E-state index is 0.150. The number of benzene rings is 1. The minimum Gasteiger partial charge on any atom is -0.481 e. The third kappa shape index (κ3) is 5.78. The Morgan fingerprint density at radius 3 is 2.14 bits per heavy atom. The summed E-state index contributed by atoms with van der Waals surface area (Å²) in [5.74, 6) is 3.55. The summed E-state index contributed by atoms with van der Waals surface area (Å²) in [6.45, 7) is 2.76. The molecular formula is C19H26N4O5. The van der Waals surface area contributed by atoms with Crippen LogP contribution < -0.4 is 16.6 Å². The molecule has 1 saturated heterocycles. The molecule has 152 valence electrons. The van der Waals surface area contributed by atoms with Gasteiger partial charge in [0.2, 0.25) is 5.91 Å². The van der Waals surface area contributed by atoms with Crippen molar-refractivity contribution in [3.63, 3.8) is 0 Å². The lowest BCUT2D eigenvalue weighted by atomic mass is 9.92. The van der Waals surface area contributed by atoms with Crippen molar-refractivity contribution < 1.29 is 24.3 Å². The first-order valence-corrected chi connectivity index (χ1v) is 9.24. The molecule has 0 spiro atoms. The van der Waals surface area contributed by atoms with Crippen LogP contribution in [0.25, 0.3) is 0 Å². The molecule has 0 unspecified atom stereocenters. The van der Waals surface area contributed by atoms with Gasteiger partial charge in [-0.3, -0.25) is 24.6 Å². The first-order valence-electron chi connectivity index (χ1n) is 9.24. The van der Waals surface area contributed by atoms with Crippen molar-refractivity contribution in [1.82, 2.24) is 15.6 Å². The zero-order chi connectivity index (χ0) is 20.7. The second-order valence-electron chi connectivity index (χ2n) is 6.95. The Bertz CT molecular complexity index is 726. The standard InChI is InChI=1S/C19H26N4O5/c1-12(19(28)23-10-8-13(9-11-23)2-7-16(24)25)21-17(26)14-3-5-15(6-4-14)18(27)22-20/h3-6,12-13H,2,7-11,20H2,1H3,(H,21,26)(H,22,27)(H,24,25)/t12-/m0/s1. The van der Waals surface area contributed by atoms with Gasteiger partial charge >= 0.3 is 5.97 Å². The van der Waals surface area contributed by atoms with E-state index in [0.29, 0.717) is 36.6 Å². The molecule has 1 heterocycles. The number of carboxylic acids is 1. The van der Waals surface area contributed by atoms with Crippen molar-refractivity contribution >= 4 is 23.7 Å². The van der Waals surface area contributed by atoms with Crippen molar-refractivity contribution in [3.05, 3.63) is 35.4 Å². The lowest BCUT2D eigenvalue weighted by molar-refractivity contribution is -0.138. The summed E-state index contributed by atoms with van der Waals surface area (Å²) in [5, 5.41) is 11.4. The fourth-order valence-electron chi connectivity index (χ4n) is 3.24. The molecule has 1 fully saturated rings. The van der Waals surface area contributed by atoms with Crippen LogP contribution in [-0.2, 0) is 9.59 Å². The van der Waals surface area contributed by atoms with Crippen LogP contribution in [0.15, 0.2) is 24.3 Å². The number of nitrogen functional groups attached to an aromatic ring is 1. The van der Waals surface area contributed by atoms with Crippen LogP contribution in [0.4, 0.5) is 0 Å². The van der Waals surface area contributed by atoms with E-state index in [1.54, 1.807) is 11.8 Å². The molecule has 0 saturated carbocycles. The average Bonchev–Trinajstić information content (AvgIpc) is 2.71. The summed E-state index contributed by atoms with van der Waals surface area (Å²) in [4.78, 5) is 48.7. The molecule has 28 heavy (non-hydrogen) atoms. The minimum atomic E-state index is -0.800. The summed E-state index contributed by atoms with van der Waals surface area (Å²) in [5.41, 5.74) is 2.67. The molecule has 1 aliphatic heterocycles. The lowest BCUT2D eigenvalue weighted by Crippen LogP contribution is -2.49. The van der Waals surface area contributed by atoms with E-state index in [-0.39, 0.29) is 12.3 Å². The van der Waals surface area contributed by atoms with Crippen LogP contribution in [0.5, 0.6) is 0 Å². The van der Waals surface area contributed by atoms with Gasteiger partial charge in [-0.25, -0.2) is 5.84 Å². The van der Waals surface area contributed by atoms with E-state index in [1.165, 1.54) is 24.3 Å². The van der Waals surface area contributed by atoms with Gasteiger partial charge in [0.05, 0.1) is 0 Å². The normalized spacial score (nSPS) is 15.6. The van der Waals surface area contributed by atoms with Crippen molar-refractivity contribution in [2.75, 3.05) is 13.1 Å². The first kappa shape index (κ1) is 21.4. The molecule has 0 bridgehead atoms. The van der Waals surface area contributed by atoms with Crippen LogP contribution in [0.2, 0.25) is 0 Å². The monoisotopic (exact) mass is 390 g/mol. The van der Waals surface area contributed by atoms with Gasteiger partial charge < -0.3 is 15.3 Å². The zero-order valence-corrected chi connectivity index (χ0v) is 15.8. The van der Waals surface area contributed by atoms with Gasteiger partial charge in [-0.2, -0.15) is 0 Å². The molecule has 0 aliphatic carbocycles. The number of hydrazine groups is 1. The number of aliphatic carboxylic acids is 1. The number of nitrogens with one attached hydrogen (secondary N) is 2. The van der Waals surface area contributed by atoms with Crippen molar-refractivity contribution in [2.24, 2.45) is 11.8 Å². The van der Waals surface area contributed by atoms with Gasteiger partial charge in [0.15, 0.2) is 0 Å². The summed E-state index contributed by atoms with van der Waals surface area (Å²) in [6, 6.07) is 5.25. The van der Waals surface area contributed by atoms with Gasteiger partial charge in [0.1, 0.15) is 6.04 Å². The number of carbonyl (C=O) groups excluding carboxylic acids is 3. The third-order valence-corrected chi connectivity index (χ3v) is 4.95. The van der Waals surface area contributed by atoms with Gasteiger partial charge in [-0.1, -0.05) is 0 Å². The van der Waals surface area contributed by atoms with E-state index in [1.807, 2.05) is 5.43 Å². The number of nitrogens with two attached hydrogens (primary N) is 1. The van der Waals surface area contributed by atoms with Gasteiger partial charge in [-0.15, -0.1) is 0 Å². The van der Waals surface area contributed by atoms with Crippen molar-refractivity contribution in [3.8, 4) is 0 Å². The van der Waals surface area contributed by atoms with E-state index in [4.69, 9.17) is 10.9 Å². The molecule has 1 aliphatic rings. The van der Waals surface area contributed by atoms with E-state index >= 15 is 0 Å². The Labute approximate surface area is 163 Å². The molecule has 1 aromatic rings. The number of likely N-dealkylation sites (tertiary alicyclic amines) is 1. The van der Waals surface area contributed by atoms with Crippen LogP contribution in [0, 0.1) is 5.92 Å². The largest absolute Gasteiger partial charge is 0.481 e. The molecule has 2 rings (SSSR count). The van der Waals surface area contributed by atoms with Crippen LogP contribution >= 0.6 is 0 Å². The number of hydrogen-bond donors (Lipinski definition) is 4. The van der Waals surface area contributed by atoms with Gasteiger partial charge in [-0.05, 0) is 56.4 Å². The fourth-order valence-corrected chi connectivity index (χ4v) is 3.24. The lowest BCUT2D eigenvalue weighted by Gasteiger charge is -2.33. The van der Waals surface area contributed by atoms with Crippen LogP contribution in [0.3, 0.4) is 0 Å². The van der Waals surface area contributed by atoms with Crippen molar-refractivity contribution in [2.45, 2.75) is 38.6 Å². The maximum Gasteiger partial charge on any atom is 0.303 e. The zero-order valence-electron chi connectivity index (χ0n) is 15.8. The summed E-state index contributed by atoms with van der Waals surface area (Å²) < 4.78 is 0. The highest BCUT2D eigenvalue weighted by atomic mass is 16.4. The predicted molar refractivity (Wildman–Crippen MR) is 101 cm³/mol. The molecule has 1 aromatic carbocycles. The SMILES string of the molecule is C[C@H](NC(=O)c1ccc(C(=O)NN)cc1)C(=O)N1CCC(CCC(=O)O)CC1. The van der Waals surface area contributed by atoms with Crippen LogP contribution in [-0.4, -0.2) is 52.8 Å². The number of nitrogens with zero attached hydrogens (tertiary/aromatic N) is 1. The topological polar surface area (TPSA) is 142 Å². The predicted octanol–water partition coefficient (Wildman–Crippen LogP) is 0.512. The first-order chi connectivity index (χ1) is 13.3. The van der Waals surface area contributed by atoms with Gasteiger partial charge in [0, 0.05) is 30.6 Å². The summed E-state index contributed by atoms with van der Waals surface area (Å²) in [6.07, 6.45) is 2.31. The van der Waals surface area contributed by atoms with Crippen molar-refractivity contribution in [1.29, 1.82) is 0 Å². The number of hydrogen-bond acceptors (Lipinski definition) is 5. The quantitative estimate of drug-likeness (QED) is 0.304. The second-order valence-corrected chi connectivity index (χ2v) is 6.95. The molecule has 1 atom stereocenters. The van der Waals surface area contributed by atoms with E-state index < -0.39 is 23.8 Å². The maximum atomic E-state index is 12.6. The van der Waals surface area contributed by atoms with E-state index in [2.05, 4.69) is 5.32 Å². The summed E-state index contributed by atoms with van der Waals surface area (Å²) >= 11 is 0. The Balaban J connectivity index is 1.84.